The minimum atomic E-state index is -0.488. The van der Waals surface area contributed by atoms with Gasteiger partial charge in [0.1, 0.15) is 5.75 Å². The first-order valence-electron chi connectivity index (χ1n) is 9.30. The molecule has 1 aliphatic heterocycles. The summed E-state index contributed by atoms with van der Waals surface area (Å²) in [6.45, 7) is 5.03. The van der Waals surface area contributed by atoms with Gasteiger partial charge in [0.25, 0.3) is 17.5 Å². The second-order valence-corrected chi connectivity index (χ2v) is 6.98. The molecule has 0 aromatic heterocycles. The van der Waals surface area contributed by atoms with E-state index in [0.717, 1.165) is 5.56 Å². The van der Waals surface area contributed by atoms with Crippen LogP contribution in [0.1, 0.15) is 31.8 Å². The number of hydrogen-bond acceptors (Lipinski definition) is 5. The van der Waals surface area contributed by atoms with Crippen molar-refractivity contribution in [3.05, 3.63) is 68.8 Å². The Morgan fingerprint density at radius 1 is 1.00 bits per heavy atom. The highest BCUT2D eigenvalue weighted by Gasteiger charge is 2.28. The molecular formula is C21H23N3O5. The number of methoxy groups -OCH3 is 1. The van der Waals surface area contributed by atoms with Crippen molar-refractivity contribution in [1.82, 2.24) is 9.80 Å². The van der Waals surface area contributed by atoms with Gasteiger partial charge in [0.05, 0.1) is 12.0 Å². The van der Waals surface area contributed by atoms with Gasteiger partial charge in [-0.15, -0.1) is 0 Å². The lowest BCUT2D eigenvalue weighted by Gasteiger charge is -2.35. The smallest absolute Gasteiger partial charge is 0.273 e. The van der Waals surface area contributed by atoms with Crippen LogP contribution in [0.15, 0.2) is 36.4 Å². The Labute approximate surface area is 168 Å². The van der Waals surface area contributed by atoms with Crippen LogP contribution in [0.5, 0.6) is 5.75 Å². The number of hydrogen-bond donors (Lipinski definition) is 0. The van der Waals surface area contributed by atoms with Gasteiger partial charge in [-0.3, -0.25) is 19.7 Å². The second-order valence-electron chi connectivity index (χ2n) is 6.98. The van der Waals surface area contributed by atoms with Gasteiger partial charge in [0.15, 0.2) is 0 Å². The normalized spacial score (nSPS) is 13.9. The third-order valence-corrected chi connectivity index (χ3v) is 5.24. The Morgan fingerprint density at radius 2 is 1.62 bits per heavy atom. The molecule has 1 aliphatic rings. The Balaban J connectivity index is 1.69. The Bertz CT molecular complexity index is 965. The van der Waals surface area contributed by atoms with Crippen molar-refractivity contribution in [2.45, 2.75) is 13.8 Å². The fourth-order valence-corrected chi connectivity index (χ4v) is 3.47. The van der Waals surface area contributed by atoms with E-state index in [0.29, 0.717) is 48.6 Å². The first-order chi connectivity index (χ1) is 13.8. The molecule has 2 aromatic rings. The van der Waals surface area contributed by atoms with Crippen molar-refractivity contribution in [3.63, 3.8) is 0 Å². The molecule has 1 heterocycles. The zero-order valence-electron chi connectivity index (χ0n) is 16.7. The van der Waals surface area contributed by atoms with Crippen LogP contribution in [-0.2, 0) is 0 Å². The van der Waals surface area contributed by atoms with Crippen LogP contribution in [-0.4, -0.2) is 59.8 Å². The molecule has 0 N–H and O–H groups in total. The monoisotopic (exact) mass is 397 g/mol. The van der Waals surface area contributed by atoms with Gasteiger partial charge in [-0.25, -0.2) is 0 Å². The highest BCUT2D eigenvalue weighted by molar-refractivity contribution is 5.97. The number of nitrogens with zero attached hydrogens (tertiary/aromatic N) is 3. The molecule has 1 fully saturated rings. The lowest BCUT2D eigenvalue weighted by Crippen LogP contribution is -2.50. The number of ether oxygens (including phenoxy) is 1. The van der Waals surface area contributed by atoms with Crippen molar-refractivity contribution < 1.29 is 19.2 Å². The van der Waals surface area contributed by atoms with Gasteiger partial charge in [-0.2, -0.15) is 0 Å². The van der Waals surface area contributed by atoms with E-state index in [1.54, 1.807) is 42.0 Å². The minimum Gasteiger partial charge on any atom is -0.496 e. The van der Waals surface area contributed by atoms with Gasteiger partial charge in [-0.05, 0) is 37.6 Å². The summed E-state index contributed by atoms with van der Waals surface area (Å²) in [4.78, 5) is 39.6. The second kappa shape index (κ2) is 8.30. The molecule has 29 heavy (non-hydrogen) atoms. The molecule has 0 saturated carbocycles. The lowest BCUT2D eigenvalue weighted by atomic mass is 10.0. The number of aryl methyl sites for hydroxylation is 1. The van der Waals surface area contributed by atoms with Gasteiger partial charge in [0, 0.05) is 48.9 Å². The quantitative estimate of drug-likeness (QED) is 0.584. The van der Waals surface area contributed by atoms with E-state index in [-0.39, 0.29) is 17.5 Å². The summed E-state index contributed by atoms with van der Waals surface area (Å²) in [5.41, 5.74) is 2.10. The molecular weight excluding hydrogens is 374 g/mol. The SMILES string of the molecule is COc1cc(C(=O)N2CCN(C(=O)c3cccc([N+](=O)[O-])c3C)CC2)ccc1C. The van der Waals surface area contributed by atoms with Gasteiger partial charge >= 0.3 is 0 Å². The first-order valence-corrected chi connectivity index (χ1v) is 9.30. The molecule has 3 rings (SSSR count). The zero-order chi connectivity index (χ0) is 21.1. The standard InChI is InChI=1S/C21H23N3O5/c1-14-7-8-16(13-19(14)29-3)20(25)22-9-11-23(12-10-22)21(26)17-5-4-6-18(15(17)2)24(27)28/h4-8,13H,9-12H2,1-3H3. The van der Waals surface area contributed by atoms with E-state index >= 15 is 0 Å². The van der Waals surface area contributed by atoms with Crippen LogP contribution in [0, 0.1) is 24.0 Å². The topological polar surface area (TPSA) is 93.0 Å². The summed E-state index contributed by atoms with van der Waals surface area (Å²) in [5, 5.41) is 11.1. The molecule has 0 bridgehead atoms. The number of piperazine rings is 1. The van der Waals surface area contributed by atoms with Crippen molar-refractivity contribution in [2.24, 2.45) is 0 Å². The average molecular weight is 397 g/mol. The summed E-state index contributed by atoms with van der Waals surface area (Å²) >= 11 is 0. The molecule has 8 nitrogen and oxygen atoms in total. The molecule has 152 valence electrons. The average Bonchev–Trinajstić information content (AvgIpc) is 2.73. The van der Waals surface area contributed by atoms with Gasteiger partial charge in [-0.1, -0.05) is 12.1 Å². The molecule has 0 spiro atoms. The van der Waals surface area contributed by atoms with Crippen LogP contribution >= 0.6 is 0 Å². The lowest BCUT2D eigenvalue weighted by molar-refractivity contribution is -0.385. The van der Waals surface area contributed by atoms with Crippen LogP contribution in [0.3, 0.4) is 0 Å². The summed E-state index contributed by atoms with van der Waals surface area (Å²) in [7, 11) is 1.57. The zero-order valence-corrected chi connectivity index (χ0v) is 16.7. The maximum absolute atomic E-state index is 12.8. The van der Waals surface area contributed by atoms with Crippen LogP contribution < -0.4 is 4.74 Å². The number of carbonyl (C=O) groups is 2. The predicted molar refractivity (Wildman–Crippen MR) is 107 cm³/mol. The van der Waals surface area contributed by atoms with E-state index in [9.17, 15) is 19.7 Å². The maximum atomic E-state index is 12.8. The highest BCUT2D eigenvalue weighted by atomic mass is 16.6. The Morgan fingerprint density at radius 3 is 2.21 bits per heavy atom. The Hall–Kier alpha value is -3.42. The molecule has 0 atom stereocenters. The van der Waals surface area contributed by atoms with Crippen molar-refractivity contribution >= 4 is 17.5 Å². The third kappa shape index (κ3) is 4.06. The van der Waals surface area contributed by atoms with E-state index in [4.69, 9.17) is 4.74 Å². The molecule has 0 radical (unpaired) electrons. The van der Waals surface area contributed by atoms with Crippen molar-refractivity contribution in [3.8, 4) is 5.75 Å². The van der Waals surface area contributed by atoms with Crippen molar-refractivity contribution in [1.29, 1.82) is 0 Å². The first kappa shape index (κ1) is 20.3. The predicted octanol–water partition coefficient (Wildman–Crippen LogP) is 2.82. The minimum absolute atomic E-state index is 0.0713. The number of carbonyl (C=O) groups excluding carboxylic acids is 2. The Kier molecular flexibility index (Phi) is 5.81. The largest absolute Gasteiger partial charge is 0.496 e. The molecule has 0 unspecified atom stereocenters. The number of nitro groups is 1. The fraction of sp³-hybridized carbons (Fsp3) is 0.333. The summed E-state index contributed by atoms with van der Waals surface area (Å²) in [6, 6.07) is 9.84. The summed E-state index contributed by atoms with van der Waals surface area (Å²) in [6.07, 6.45) is 0. The van der Waals surface area contributed by atoms with Crippen molar-refractivity contribution in [2.75, 3.05) is 33.3 Å². The van der Waals surface area contributed by atoms with E-state index in [2.05, 4.69) is 0 Å². The van der Waals surface area contributed by atoms with Gasteiger partial charge < -0.3 is 14.5 Å². The molecule has 0 aliphatic carbocycles. The van der Waals surface area contributed by atoms with E-state index < -0.39 is 4.92 Å². The van der Waals surface area contributed by atoms with Crippen LogP contribution in [0.2, 0.25) is 0 Å². The summed E-state index contributed by atoms with van der Waals surface area (Å²) in [5.74, 6) is 0.294. The molecule has 8 heteroatoms. The highest BCUT2D eigenvalue weighted by Crippen LogP contribution is 2.24. The number of amides is 2. The maximum Gasteiger partial charge on any atom is 0.273 e. The van der Waals surface area contributed by atoms with Gasteiger partial charge in [0.2, 0.25) is 0 Å². The third-order valence-electron chi connectivity index (χ3n) is 5.24. The summed E-state index contributed by atoms with van der Waals surface area (Å²) < 4.78 is 5.29. The van der Waals surface area contributed by atoms with E-state index in [1.807, 2.05) is 13.0 Å². The molecule has 2 aromatic carbocycles. The van der Waals surface area contributed by atoms with E-state index in [1.165, 1.54) is 12.1 Å². The molecule has 2 amide bonds. The number of rotatable bonds is 4. The molecule has 1 saturated heterocycles. The van der Waals surface area contributed by atoms with Crippen LogP contribution in [0.25, 0.3) is 0 Å². The number of benzene rings is 2. The fourth-order valence-electron chi connectivity index (χ4n) is 3.47. The number of nitro benzene ring substituents is 1. The van der Waals surface area contributed by atoms with Crippen LogP contribution in [0.4, 0.5) is 5.69 Å².